The minimum absolute atomic E-state index is 0.160. The van der Waals surface area contributed by atoms with Gasteiger partial charge in [-0.1, -0.05) is 12.1 Å². The highest BCUT2D eigenvalue weighted by Gasteiger charge is 2.13. The molecule has 78 valence electrons. The van der Waals surface area contributed by atoms with Crippen LogP contribution in [0.1, 0.15) is 11.6 Å². The number of benzene rings is 1. The van der Waals surface area contributed by atoms with E-state index < -0.39 is 0 Å². The summed E-state index contributed by atoms with van der Waals surface area (Å²) in [5.41, 5.74) is 6.87. The summed E-state index contributed by atoms with van der Waals surface area (Å²) in [6.45, 7) is 0.479. The normalized spacial score (nSPS) is 12.6. The first-order valence-electron chi connectivity index (χ1n) is 4.27. The van der Waals surface area contributed by atoms with Crippen LogP contribution in [0.4, 0.5) is 0 Å². The smallest absolute Gasteiger partial charge is 0.137 e. The standard InChI is InChI=1S/C10H14BrNO2/c1-13-6-9(12)7-4-3-5-8(11)10(7)14-2/h3-5,9H,6,12H2,1-2H3/t9-/m1/s1. The lowest BCUT2D eigenvalue weighted by Crippen LogP contribution is -2.17. The van der Waals surface area contributed by atoms with Crippen molar-refractivity contribution in [3.8, 4) is 5.75 Å². The summed E-state index contributed by atoms with van der Waals surface area (Å²) in [6.07, 6.45) is 0. The van der Waals surface area contributed by atoms with Crippen LogP contribution in [-0.2, 0) is 4.74 Å². The van der Waals surface area contributed by atoms with E-state index in [4.69, 9.17) is 15.2 Å². The highest BCUT2D eigenvalue weighted by Crippen LogP contribution is 2.31. The third-order valence-electron chi connectivity index (χ3n) is 1.95. The van der Waals surface area contributed by atoms with Crippen LogP contribution in [0, 0.1) is 0 Å². The van der Waals surface area contributed by atoms with Gasteiger partial charge in [0, 0.05) is 12.7 Å². The molecule has 0 heterocycles. The van der Waals surface area contributed by atoms with E-state index in [0.29, 0.717) is 6.61 Å². The maximum atomic E-state index is 5.92. The zero-order valence-corrected chi connectivity index (χ0v) is 9.87. The van der Waals surface area contributed by atoms with Crippen molar-refractivity contribution in [2.45, 2.75) is 6.04 Å². The average Bonchev–Trinajstić information content (AvgIpc) is 2.17. The molecule has 1 rings (SSSR count). The Kier molecular flexibility index (Phi) is 4.38. The quantitative estimate of drug-likeness (QED) is 0.901. The van der Waals surface area contributed by atoms with E-state index in [1.807, 2.05) is 18.2 Å². The Bertz CT molecular complexity index is 304. The molecule has 0 saturated heterocycles. The molecule has 0 unspecified atom stereocenters. The van der Waals surface area contributed by atoms with Crippen molar-refractivity contribution in [1.29, 1.82) is 0 Å². The van der Waals surface area contributed by atoms with Gasteiger partial charge in [0.15, 0.2) is 0 Å². The van der Waals surface area contributed by atoms with Crippen LogP contribution in [0.3, 0.4) is 0 Å². The molecule has 4 heteroatoms. The number of ether oxygens (including phenoxy) is 2. The molecule has 0 amide bonds. The van der Waals surface area contributed by atoms with Crippen molar-refractivity contribution in [1.82, 2.24) is 0 Å². The largest absolute Gasteiger partial charge is 0.495 e. The van der Waals surface area contributed by atoms with Crippen LogP contribution in [-0.4, -0.2) is 20.8 Å². The first-order valence-corrected chi connectivity index (χ1v) is 5.07. The predicted molar refractivity (Wildman–Crippen MR) is 59.5 cm³/mol. The summed E-state index contributed by atoms with van der Waals surface area (Å²) < 4.78 is 11.2. The molecule has 0 saturated carbocycles. The topological polar surface area (TPSA) is 44.5 Å². The number of methoxy groups -OCH3 is 2. The van der Waals surface area contributed by atoms with Crippen molar-refractivity contribution in [3.05, 3.63) is 28.2 Å². The Morgan fingerprint density at radius 3 is 2.71 bits per heavy atom. The molecule has 0 aliphatic rings. The first kappa shape index (κ1) is 11.5. The van der Waals surface area contributed by atoms with Gasteiger partial charge < -0.3 is 15.2 Å². The second-order valence-corrected chi connectivity index (χ2v) is 3.78. The molecular formula is C10H14BrNO2. The predicted octanol–water partition coefficient (Wildman–Crippen LogP) is 2.10. The van der Waals surface area contributed by atoms with Gasteiger partial charge in [-0.3, -0.25) is 0 Å². The van der Waals surface area contributed by atoms with Crippen LogP contribution in [0.5, 0.6) is 5.75 Å². The summed E-state index contributed by atoms with van der Waals surface area (Å²) in [6, 6.07) is 5.62. The number of para-hydroxylation sites is 1. The van der Waals surface area contributed by atoms with Gasteiger partial charge in [0.2, 0.25) is 0 Å². The van der Waals surface area contributed by atoms with Gasteiger partial charge in [0.25, 0.3) is 0 Å². The Balaban J connectivity index is 3.00. The van der Waals surface area contributed by atoms with E-state index in [9.17, 15) is 0 Å². The second kappa shape index (κ2) is 5.34. The molecule has 1 atom stereocenters. The Labute approximate surface area is 92.3 Å². The third-order valence-corrected chi connectivity index (χ3v) is 2.57. The Morgan fingerprint density at radius 2 is 2.14 bits per heavy atom. The zero-order valence-electron chi connectivity index (χ0n) is 8.29. The van der Waals surface area contributed by atoms with Gasteiger partial charge >= 0.3 is 0 Å². The molecule has 1 aromatic rings. The minimum Gasteiger partial charge on any atom is -0.495 e. The van der Waals surface area contributed by atoms with Crippen molar-refractivity contribution >= 4 is 15.9 Å². The highest BCUT2D eigenvalue weighted by molar-refractivity contribution is 9.10. The molecule has 0 bridgehead atoms. The molecule has 2 N–H and O–H groups in total. The monoisotopic (exact) mass is 259 g/mol. The molecule has 1 aromatic carbocycles. The fourth-order valence-electron chi connectivity index (χ4n) is 1.30. The maximum Gasteiger partial charge on any atom is 0.137 e. The molecule has 0 fully saturated rings. The van der Waals surface area contributed by atoms with Crippen molar-refractivity contribution < 1.29 is 9.47 Å². The average molecular weight is 260 g/mol. The molecule has 3 nitrogen and oxygen atoms in total. The van der Waals surface area contributed by atoms with Crippen molar-refractivity contribution in [2.75, 3.05) is 20.8 Å². The summed E-state index contributed by atoms with van der Waals surface area (Å²) in [5.74, 6) is 0.775. The summed E-state index contributed by atoms with van der Waals surface area (Å²) in [5, 5.41) is 0. The molecule has 14 heavy (non-hydrogen) atoms. The summed E-state index contributed by atoms with van der Waals surface area (Å²) in [4.78, 5) is 0. The zero-order chi connectivity index (χ0) is 10.6. The van der Waals surface area contributed by atoms with E-state index in [1.165, 1.54) is 0 Å². The number of rotatable bonds is 4. The molecule has 0 aromatic heterocycles. The van der Waals surface area contributed by atoms with Gasteiger partial charge in [-0.05, 0) is 22.0 Å². The SMILES string of the molecule is COC[C@@H](N)c1cccc(Br)c1OC. The minimum atomic E-state index is -0.160. The fourth-order valence-corrected chi connectivity index (χ4v) is 1.85. The maximum absolute atomic E-state index is 5.92. The van der Waals surface area contributed by atoms with Gasteiger partial charge in [-0.25, -0.2) is 0 Å². The van der Waals surface area contributed by atoms with Gasteiger partial charge in [0.1, 0.15) is 5.75 Å². The summed E-state index contributed by atoms with van der Waals surface area (Å²) >= 11 is 3.41. The van der Waals surface area contributed by atoms with E-state index in [0.717, 1.165) is 15.8 Å². The molecule has 0 spiro atoms. The van der Waals surface area contributed by atoms with Gasteiger partial charge in [0.05, 0.1) is 24.2 Å². The Hall–Kier alpha value is -0.580. The number of halogens is 1. The fraction of sp³-hybridized carbons (Fsp3) is 0.400. The molecule has 0 aliphatic heterocycles. The Morgan fingerprint density at radius 1 is 1.43 bits per heavy atom. The van der Waals surface area contributed by atoms with E-state index >= 15 is 0 Å². The van der Waals surface area contributed by atoms with Crippen LogP contribution < -0.4 is 10.5 Å². The lowest BCUT2D eigenvalue weighted by atomic mass is 10.1. The van der Waals surface area contributed by atoms with Gasteiger partial charge in [-0.2, -0.15) is 0 Å². The third kappa shape index (κ3) is 2.47. The van der Waals surface area contributed by atoms with E-state index in [1.54, 1.807) is 14.2 Å². The number of nitrogens with two attached hydrogens (primary N) is 1. The second-order valence-electron chi connectivity index (χ2n) is 2.92. The summed E-state index contributed by atoms with van der Waals surface area (Å²) in [7, 11) is 3.26. The van der Waals surface area contributed by atoms with Gasteiger partial charge in [-0.15, -0.1) is 0 Å². The van der Waals surface area contributed by atoms with Crippen LogP contribution in [0.25, 0.3) is 0 Å². The molecule has 0 aliphatic carbocycles. The lowest BCUT2D eigenvalue weighted by Gasteiger charge is -2.15. The van der Waals surface area contributed by atoms with Crippen molar-refractivity contribution in [3.63, 3.8) is 0 Å². The first-order chi connectivity index (χ1) is 6.70. The molecule has 0 radical (unpaired) electrons. The number of hydrogen-bond acceptors (Lipinski definition) is 3. The molecular weight excluding hydrogens is 246 g/mol. The van der Waals surface area contributed by atoms with E-state index in [2.05, 4.69) is 15.9 Å². The van der Waals surface area contributed by atoms with Crippen molar-refractivity contribution in [2.24, 2.45) is 5.73 Å². The number of hydrogen-bond donors (Lipinski definition) is 1. The van der Waals surface area contributed by atoms with E-state index in [-0.39, 0.29) is 6.04 Å². The highest BCUT2D eigenvalue weighted by atomic mass is 79.9. The van der Waals surface area contributed by atoms with Crippen LogP contribution >= 0.6 is 15.9 Å². The van der Waals surface area contributed by atoms with Crippen LogP contribution in [0.15, 0.2) is 22.7 Å². The van der Waals surface area contributed by atoms with Crippen LogP contribution in [0.2, 0.25) is 0 Å². The lowest BCUT2D eigenvalue weighted by molar-refractivity contribution is 0.179.